The summed E-state index contributed by atoms with van der Waals surface area (Å²) < 4.78 is 43.6. The van der Waals surface area contributed by atoms with Crippen molar-refractivity contribution in [2.24, 2.45) is 0 Å². The minimum absolute atomic E-state index is 0.221. The van der Waals surface area contributed by atoms with Crippen LogP contribution < -0.4 is 15.4 Å². The zero-order valence-corrected chi connectivity index (χ0v) is 14.9. The fourth-order valence-corrected chi connectivity index (χ4v) is 2.55. The maximum atomic E-state index is 12.8. The molecule has 0 aliphatic rings. The van der Waals surface area contributed by atoms with Crippen molar-refractivity contribution in [2.45, 2.75) is 12.6 Å². The summed E-state index contributed by atoms with van der Waals surface area (Å²) in [5, 5.41) is 5.57. The van der Waals surface area contributed by atoms with Crippen molar-refractivity contribution in [1.82, 2.24) is 5.32 Å². The van der Waals surface area contributed by atoms with Crippen molar-refractivity contribution in [3.8, 4) is 5.75 Å². The normalized spacial score (nSPS) is 11.1. The van der Waals surface area contributed by atoms with Crippen LogP contribution in [0.25, 0.3) is 0 Å². The zero-order chi connectivity index (χ0) is 18.4. The first-order chi connectivity index (χ1) is 11.8. The van der Waals surface area contributed by atoms with Crippen LogP contribution in [-0.2, 0) is 12.6 Å². The van der Waals surface area contributed by atoms with E-state index < -0.39 is 11.7 Å². The van der Waals surface area contributed by atoms with Crippen molar-refractivity contribution < 1.29 is 17.9 Å². The molecule has 0 aliphatic heterocycles. The molecule has 25 heavy (non-hydrogen) atoms. The Morgan fingerprint density at radius 3 is 2.44 bits per heavy atom. The van der Waals surface area contributed by atoms with E-state index in [4.69, 9.17) is 28.6 Å². The third-order valence-corrected chi connectivity index (χ3v) is 3.96. The molecule has 3 nitrogen and oxygen atoms in total. The van der Waals surface area contributed by atoms with Gasteiger partial charge in [-0.05, 0) is 54.5 Å². The third kappa shape index (κ3) is 5.79. The number of hydrogen-bond donors (Lipinski definition) is 2. The standard InChI is InChI=1S/C17H16ClF3N2OS/c1-24-13-5-2-11(3-6-13)8-9-22-16(25)23-12-4-7-15(18)14(10-12)17(19,20)21/h2-7,10H,8-9H2,1H3,(H2,22,23,25). The Morgan fingerprint density at radius 2 is 1.84 bits per heavy atom. The molecule has 0 aliphatic carbocycles. The average molecular weight is 389 g/mol. The molecule has 0 radical (unpaired) electrons. The lowest BCUT2D eigenvalue weighted by molar-refractivity contribution is -0.137. The summed E-state index contributed by atoms with van der Waals surface area (Å²) in [4.78, 5) is 0. The first kappa shape index (κ1) is 19.3. The minimum atomic E-state index is -4.52. The number of alkyl halides is 3. The smallest absolute Gasteiger partial charge is 0.417 e. The second-order valence-electron chi connectivity index (χ2n) is 5.17. The number of nitrogens with one attached hydrogen (secondary N) is 2. The Bertz CT molecular complexity index is 736. The summed E-state index contributed by atoms with van der Waals surface area (Å²) in [6, 6.07) is 11.1. The van der Waals surface area contributed by atoms with E-state index in [1.807, 2.05) is 24.3 Å². The van der Waals surface area contributed by atoms with Crippen molar-refractivity contribution in [3.05, 3.63) is 58.6 Å². The maximum Gasteiger partial charge on any atom is 0.417 e. The monoisotopic (exact) mass is 388 g/mol. The molecule has 0 aromatic heterocycles. The number of benzene rings is 2. The quantitative estimate of drug-likeness (QED) is 0.714. The van der Waals surface area contributed by atoms with Crippen LogP contribution in [0.15, 0.2) is 42.5 Å². The van der Waals surface area contributed by atoms with Gasteiger partial charge in [0.1, 0.15) is 5.75 Å². The molecule has 0 fully saturated rings. The number of ether oxygens (including phenoxy) is 1. The molecule has 0 heterocycles. The Kier molecular flexibility index (Phi) is 6.50. The summed E-state index contributed by atoms with van der Waals surface area (Å²) >= 11 is 10.7. The van der Waals surface area contributed by atoms with Gasteiger partial charge in [0.25, 0.3) is 0 Å². The molecule has 134 valence electrons. The van der Waals surface area contributed by atoms with Crippen LogP contribution in [0.3, 0.4) is 0 Å². The van der Waals surface area contributed by atoms with Gasteiger partial charge in [0.15, 0.2) is 5.11 Å². The van der Waals surface area contributed by atoms with Gasteiger partial charge in [-0.25, -0.2) is 0 Å². The van der Waals surface area contributed by atoms with Crippen LogP contribution in [-0.4, -0.2) is 18.8 Å². The molecule has 2 rings (SSSR count). The summed E-state index contributed by atoms with van der Waals surface area (Å²) in [5.74, 6) is 0.775. The van der Waals surface area contributed by atoms with Gasteiger partial charge in [-0.2, -0.15) is 13.2 Å². The summed E-state index contributed by atoms with van der Waals surface area (Å²) in [7, 11) is 1.60. The van der Waals surface area contributed by atoms with Crippen LogP contribution in [0.5, 0.6) is 5.75 Å². The number of halogens is 4. The van der Waals surface area contributed by atoms with Gasteiger partial charge in [-0.3, -0.25) is 0 Å². The lowest BCUT2D eigenvalue weighted by Gasteiger charge is -2.14. The van der Waals surface area contributed by atoms with Crippen LogP contribution in [0, 0.1) is 0 Å². The molecule has 0 saturated carbocycles. The Morgan fingerprint density at radius 1 is 1.16 bits per heavy atom. The molecule has 0 atom stereocenters. The van der Waals surface area contributed by atoms with Gasteiger partial charge in [0.2, 0.25) is 0 Å². The first-order valence-corrected chi connectivity index (χ1v) is 8.13. The second-order valence-corrected chi connectivity index (χ2v) is 5.99. The van der Waals surface area contributed by atoms with Gasteiger partial charge in [-0.1, -0.05) is 23.7 Å². The molecule has 0 amide bonds. The molecular weight excluding hydrogens is 373 g/mol. The number of hydrogen-bond acceptors (Lipinski definition) is 2. The summed E-state index contributed by atoms with van der Waals surface area (Å²) in [5.41, 5.74) is 0.404. The van der Waals surface area contributed by atoms with Gasteiger partial charge < -0.3 is 15.4 Å². The molecule has 2 N–H and O–H groups in total. The van der Waals surface area contributed by atoms with Crippen molar-refractivity contribution in [3.63, 3.8) is 0 Å². The van der Waals surface area contributed by atoms with Gasteiger partial charge in [0.05, 0.1) is 17.7 Å². The average Bonchev–Trinajstić information content (AvgIpc) is 2.56. The summed E-state index contributed by atoms with van der Waals surface area (Å²) in [6.45, 7) is 0.540. The number of rotatable bonds is 5. The van der Waals surface area contributed by atoms with E-state index in [9.17, 15) is 13.2 Å². The van der Waals surface area contributed by atoms with Gasteiger partial charge in [-0.15, -0.1) is 0 Å². The van der Waals surface area contributed by atoms with E-state index in [0.717, 1.165) is 17.4 Å². The predicted molar refractivity (Wildman–Crippen MR) is 97.4 cm³/mol. The largest absolute Gasteiger partial charge is 0.497 e. The molecule has 2 aromatic rings. The van der Waals surface area contributed by atoms with Crippen LogP contribution in [0.2, 0.25) is 5.02 Å². The van der Waals surface area contributed by atoms with Crippen LogP contribution in [0.4, 0.5) is 18.9 Å². The van der Waals surface area contributed by atoms with E-state index in [2.05, 4.69) is 10.6 Å². The van der Waals surface area contributed by atoms with Crippen molar-refractivity contribution >= 4 is 34.6 Å². The third-order valence-electron chi connectivity index (χ3n) is 3.39. The molecule has 0 spiro atoms. The zero-order valence-electron chi connectivity index (χ0n) is 13.3. The number of anilines is 1. The van der Waals surface area contributed by atoms with E-state index >= 15 is 0 Å². The highest BCUT2D eigenvalue weighted by Crippen LogP contribution is 2.36. The molecule has 0 saturated heterocycles. The predicted octanol–water partition coefficient (Wildman–Crippen LogP) is 4.90. The topological polar surface area (TPSA) is 33.3 Å². The number of methoxy groups -OCH3 is 1. The van der Waals surface area contributed by atoms with Crippen LogP contribution >= 0.6 is 23.8 Å². The van der Waals surface area contributed by atoms with Gasteiger partial charge in [0, 0.05) is 12.2 Å². The Labute approximate surface area is 154 Å². The van der Waals surface area contributed by atoms with Crippen LogP contribution in [0.1, 0.15) is 11.1 Å². The second kappa shape index (κ2) is 8.40. The molecule has 0 unspecified atom stereocenters. The van der Waals surface area contributed by atoms with E-state index in [-0.39, 0.29) is 15.8 Å². The maximum absolute atomic E-state index is 12.8. The number of thiocarbonyl (C=S) groups is 1. The van der Waals surface area contributed by atoms with Crippen molar-refractivity contribution in [2.75, 3.05) is 19.0 Å². The van der Waals surface area contributed by atoms with E-state index in [0.29, 0.717) is 13.0 Å². The SMILES string of the molecule is COc1ccc(CCNC(=S)Nc2ccc(Cl)c(C(F)(F)F)c2)cc1. The summed E-state index contributed by atoms with van der Waals surface area (Å²) in [6.07, 6.45) is -3.81. The lowest BCUT2D eigenvalue weighted by Crippen LogP contribution is -2.30. The Hall–Kier alpha value is -1.99. The highest BCUT2D eigenvalue weighted by molar-refractivity contribution is 7.80. The fraction of sp³-hybridized carbons (Fsp3) is 0.235. The molecular formula is C17H16ClF3N2OS. The fourth-order valence-electron chi connectivity index (χ4n) is 2.11. The highest BCUT2D eigenvalue weighted by Gasteiger charge is 2.33. The van der Waals surface area contributed by atoms with Crippen molar-refractivity contribution in [1.29, 1.82) is 0 Å². The first-order valence-electron chi connectivity index (χ1n) is 7.34. The molecule has 0 bridgehead atoms. The highest BCUT2D eigenvalue weighted by atomic mass is 35.5. The Balaban J connectivity index is 1.87. The van der Waals surface area contributed by atoms with Gasteiger partial charge >= 0.3 is 6.18 Å². The molecule has 2 aromatic carbocycles. The molecule has 8 heteroatoms. The lowest BCUT2D eigenvalue weighted by atomic mass is 10.1. The van der Waals surface area contributed by atoms with E-state index in [1.54, 1.807) is 7.11 Å². The van der Waals surface area contributed by atoms with E-state index in [1.165, 1.54) is 12.1 Å². The minimum Gasteiger partial charge on any atom is -0.497 e.